The molecule has 3 heterocycles. The molecule has 0 saturated carbocycles. The van der Waals surface area contributed by atoms with Crippen LogP contribution >= 0.6 is 0 Å². The number of ether oxygens (including phenoxy) is 1. The van der Waals surface area contributed by atoms with E-state index in [1.165, 1.54) is 0 Å². The number of rotatable bonds is 4. The molecule has 92 valence electrons. The number of aromatic amines is 1. The minimum absolute atomic E-state index is 0.476. The number of methoxy groups -OCH3 is 1. The minimum atomic E-state index is 0.476. The molecule has 0 fully saturated rings. The monoisotopic (exact) mass is 244 g/mol. The van der Waals surface area contributed by atoms with Crippen molar-refractivity contribution >= 4 is 17.4 Å². The van der Waals surface area contributed by atoms with Crippen molar-refractivity contribution < 1.29 is 4.74 Å². The van der Waals surface area contributed by atoms with Gasteiger partial charge in [-0.05, 0) is 6.07 Å². The zero-order valence-corrected chi connectivity index (χ0v) is 9.79. The lowest BCUT2D eigenvalue weighted by Crippen LogP contribution is -2.00. The van der Waals surface area contributed by atoms with E-state index in [1.54, 1.807) is 19.5 Å². The lowest BCUT2D eigenvalue weighted by Gasteiger charge is -2.03. The molecular formula is C11H12N6O. The first-order chi connectivity index (χ1) is 8.86. The summed E-state index contributed by atoms with van der Waals surface area (Å²) in [6.07, 6.45) is 5.33. The largest absolute Gasteiger partial charge is 0.378 e. The Bertz CT molecular complexity index is 645. The Hall–Kier alpha value is -2.41. The van der Waals surface area contributed by atoms with Crippen molar-refractivity contribution in [2.45, 2.75) is 6.61 Å². The van der Waals surface area contributed by atoms with Crippen LogP contribution in [-0.2, 0) is 11.3 Å². The molecule has 3 aromatic heterocycles. The van der Waals surface area contributed by atoms with Gasteiger partial charge in [-0.15, -0.1) is 0 Å². The maximum absolute atomic E-state index is 5.07. The summed E-state index contributed by atoms with van der Waals surface area (Å²) in [4.78, 5) is 8.69. The summed E-state index contributed by atoms with van der Waals surface area (Å²) in [5, 5.41) is 9.88. The molecule has 0 bridgehead atoms. The van der Waals surface area contributed by atoms with Crippen LogP contribution in [0.4, 0.5) is 11.8 Å². The number of nitrogens with one attached hydrogen (secondary N) is 2. The Kier molecular flexibility index (Phi) is 2.66. The summed E-state index contributed by atoms with van der Waals surface area (Å²) in [6.45, 7) is 0.476. The molecule has 0 saturated heterocycles. The summed E-state index contributed by atoms with van der Waals surface area (Å²) >= 11 is 0. The fraction of sp³-hybridized carbons (Fsp3) is 0.182. The van der Waals surface area contributed by atoms with Crippen LogP contribution in [0.2, 0.25) is 0 Å². The van der Waals surface area contributed by atoms with Gasteiger partial charge in [0.15, 0.2) is 5.82 Å². The Morgan fingerprint density at radius 2 is 2.39 bits per heavy atom. The van der Waals surface area contributed by atoms with Gasteiger partial charge in [0.2, 0.25) is 5.95 Å². The Balaban J connectivity index is 2.00. The lowest BCUT2D eigenvalue weighted by atomic mass is 10.5. The van der Waals surface area contributed by atoms with Crippen LogP contribution in [0.1, 0.15) is 5.69 Å². The number of aromatic nitrogens is 5. The van der Waals surface area contributed by atoms with E-state index in [1.807, 2.05) is 22.7 Å². The predicted molar refractivity (Wildman–Crippen MR) is 65.6 cm³/mol. The molecule has 0 amide bonds. The van der Waals surface area contributed by atoms with Gasteiger partial charge in [0, 0.05) is 31.8 Å². The van der Waals surface area contributed by atoms with E-state index in [0.717, 1.165) is 11.3 Å². The third-order valence-corrected chi connectivity index (χ3v) is 2.46. The Morgan fingerprint density at radius 3 is 3.17 bits per heavy atom. The fourth-order valence-electron chi connectivity index (χ4n) is 1.72. The van der Waals surface area contributed by atoms with Gasteiger partial charge in [0.05, 0.1) is 12.3 Å². The quantitative estimate of drug-likeness (QED) is 0.724. The average Bonchev–Trinajstić information content (AvgIpc) is 2.98. The highest BCUT2D eigenvalue weighted by Crippen LogP contribution is 2.14. The van der Waals surface area contributed by atoms with Crippen LogP contribution in [0.15, 0.2) is 30.7 Å². The van der Waals surface area contributed by atoms with E-state index >= 15 is 0 Å². The van der Waals surface area contributed by atoms with Crippen molar-refractivity contribution in [3.63, 3.8) is 0 Å². The zero-order chi connectivity index (χ0) is 12.4. The van der Waals surface area contributed by atoms with Crippen molar-refractivity contribution in [3.8, 4) is 0 Å². The molecule has 0 atom stereocenters. The van der Waals surface area contributed by atoms with Crippen molar-refractivity contribution in [1.82, 2.24) is 24.6 Å². The molecule has 0 aromatic carbocycles. The number of H-pyrrole nitrogens is 1. The Labute approximate surface area is 103 Å². The number of anilines is 2. The molecule has 0 spiro atoms. The first kappa shape index (κ1) is 10.7. The highest BCUT2D eigenvalue weighted by atomic mass is 16.5. The molecule has 7 nitrogen and oxygen atoms in total. The van der Waals surface area contributed by atoms with Gasteiger partial charge in [-0.3, -0.25) is 9.50 Å². The zero-order valence-electron chi connectivity index (χ0n) is 9.79. The summed E-state index contributed by atoms with van der Waals surface area (Å²) in [5.41, 5.74) is 1.67. The maximum atomic E-state index is 5.07. The van der Waals surface area contributed by atoms with Crippen LogP contribution in [0, 0.1) is 0 Å². The number of nitrogens with zero attached hydrogens (tertiary/aromatic N) is 4. The van der Waals surface area contributed by atoms with Crippen LogP contribution in [-0.4, -0.2) is 31.7 Å². The number of fused-ring (bicyclic) bond motifs is 1. The van der Waals surface area contributed by atoms with E-state index in [-0.39, 0.29) is 0 Å². The van der Waals surface area contributed by atoms with Gasteiger partial charge >= 0.3 is 0 Å². The number of imidazole rings is 1. The van der Waals surface area contributed by atoms with Crippen LogP contribution in [0.3, 0.4) is 0 Å². The Morgan fingerprint density at radius 1 is 1.44 bits per heavy atom. The highest BCUT2D eigenvalue weighted by Gasteiger charge is 2.07. The summed E-state index contributed by atoms with van der Waals surface area (Å²) in [5.74, 6) is 1.37. The second kappa shape index (κ2) is 4.46. The normalized spacial score (nSPS) is 10.9. The number of hydrogen-bond donors (Lipinski definition) is 2. The van der Waals surface area contributed by atoms with Gasteiger partial charge < -0.3 is 10.1 Å². The summed E-state index contributed by atoms with van der Waals surface area (Å²) < 4.78 is 6.93. The van der Waals surface area contributed by atoms with E-state index in [0.29, 0.717) is 18.4 Å². The van der Waals surface area contributed by atoms with E-state index in [2.05, 4.69) is 25.5 Å². The smallest absolute Gasteiger partial charge is 0.214 e. The van der Waals surface area contributed by atoms with Crippen LogP contribution in [0.25, 0.3) is 5.65 Å². The van der Waals surface area contributed by atoms with E-state index in [9.17, 15) is 0 Å². The number of hydrogen-bond acceptors (Lipinski definition) is 5. The van der Waals surface area contributed by atoms with Gasteiger partial charge in [-0.1, -0.05) is 0 Å². The molecule has 0 aliphatic carbocycles. The SMILES string of the molecule is COCc1cn2c(Nc3cc[nH]n3)nccc2n1. The topological polar surface area (TPSA) is 80.1 Å². The first-order valence-corrected chi connectivity index (χ1v) is 5.45. The van der Waals surface area contributed by atoms with Crippen molar-refractivity contribution in [2.75, 3.05) is 12.4 Å². The molecular weight excluding hydrogens is 232 g/mol. The average molecular weight is 244 g/mol. The van der Waals surface area contributed by atoms with Crippen LogP contribution < -0.4 is 5.32 Å². The van der Waals surface area contributed by atoms with Crippen LogP contribution in [0.5, 0.6) is 0 Å². The van der Waals surface area contributed by atoms with E-state index < -0.39 is 0 Å². The van der Waals surface area contributed by atoms with Gasteiger partial charge in [-0.25, -0.2) is 9.97 Å². The molecule has 3 aromatic rings. The lowest BCUT2D eigenvalue weighted by molar-refractivity contribution is 0.182. The first-order valence-electron chi connectivity index (χ1n) is 5.45. The summed E-state index contributed by atoms with van der Waals surface area (Å²) in [6, 6.07) is 3.67. The highest BCUT2D eigenvalue weighted by molar-refractivity contribution is 5.53. The van der Waals surface area contributed by atoms with Gasteiger partial charge in [-0.2, -0.15) is 5.10 Å². The summed E-state index contributed by atoms with van der Waals surface area (Å²) in [7, 11) is 1.64. The maximum Gasteiger partial charge on any atom is 0.214 e. The second-order valence-corrected chi connectivity index (χ2v) is 3.75. The molecule has 0 radical (unpaired) electrons. The third kappa shape index (κ3) is 1.91. The second-order valence-electron chi connectivity index (χ2n) is 3.75. The third-order valence-electron chi connectivity index (χ3n) is 2.46. The van der Waals surface area contributed by atoms with Crippen molar-refractivity contribution in [2.24, 2.45) is 0 Å². The van der Waals surface area contributed by atoms with Crippen molar-refractivity contribution in [1.29, 1.82) is 0 Å². The minimum Gasteiger partial charge on any atom is -0.378 e. The molecule has 2 N–H and O–H groups in total. The van der Waals surface area contributed by atoms with Gasteiger partial charge in [0.1, 0.15) is 5.65 Å². The van der Waals surface area contributed by atoms with E-state index in [4.69, 9.17) is 4.74 Å². The standard InChI is InChI=1S/C11H12N6O/c1-18-7-8-6-17-10(14-8)3-4-12-11(17)15-9-2-5-13-16-9/h2-6H,7H2,1H3,(H2,12,13,15,16). The molecule has 0 aliphatic heterocycles. The molecule has 0 unspecified atom stereocenters. The predicted octanol–water partition coefficient (Wildman–Crippen LogP) is 1.34. The molecule has 7 heteroatoms. The molecule has 18 heavy (non-hydrogen) atoms. The van der Waals surface area contributed by atoms with Gasteiger partial charge in [0.25, 0.3) is 0 Å². The fourth-order valence-corrected chi connectivity index (χ4v) is 1.72. The molecule has 0 aliphatic rings. The molecule has 3 rings (SSSR count). The van der Waals surface area contributed by atoms with Crippen molar-refractivity contribution in [3.05, 3.63) is 36.4 Å².